The Morgan fingerprint density at radius 2 is 1.12 bits per heavy atom. The molecular weight excluding hydrogens is 396 g/mol. The lowest BCUT2D eigenvalue weighted by Gasteiger charge is -2.44. The third-order valence-corrected chi connectivity index (χ3v) is 7.10. The third kappa shape index (κ3) is 4.22. The Morgan fingerprint density at radius 3 is 1.58 bits per heavy atom. The maximum atomic E-state index is 2.43. The van der Waals surface area contributed by atoms with Gasteiger partial charge in [-0.05, 0) is 59.2 Å². The molecule has 0 amide bonds. The standard InChI is InChI=1S/C33H30/c1-25-18-20-29(21-19-25)33(2)23-22-32(33)31(28-16-10-5-11-17-28)24-30(26-12-6-3-7-13-26)27-14-8-4-9-15-27/h3-21,24H,22-23H2,1-2H3/b32-31-. The fraction of sp³-hybridized carbons (Fsp3) is 0.152. The Balaban J connectivity index is 1.73. The van der Waals surface area contributed by atoms with E-state index >= 15 is 0 Å². The second-order valence-electron chi connectivity index (χ2n) is 9.25. The molecule has 162 valence electrons. The van der Waals surface area contributed by atoms with E-state index in [1.165, 1.54) is 51.0 Å². The van der Waals surface area contributed by atoms with Gasteiger partial charge in [-0.15, -0.1) is 0 Å². The van der Waals surface area contributed by atoms with Crippen molar-refractivity contribution >= 4 is 11.1 Å². The zero-order valence-electron chi connectivity index (χ0n) is 19.5. The highest BCUT2D eigenvalue weighted by atomic mass is 14.4. The monoisotopic (exact) mass is 426 g/mol. The first kappa shape index (κ1) is 21.2. The van der Waals surface area contributed by atoms with Gasteiger partial charge in [0.2, 0.25) is 0 Å². The molecule has 4 aromatic rings. The molecule has 0 saturated heterocycles. The van der Waals surface area contributed by atoms with Gasteiger partial charge in [0, 0.05) is 5.41 Å². The highest BCUT2D eigenvalue weighted by molar-refractivity contribution is 5.92. The molecule has 5 rings (SSSR count). The zero-order chi connectivity index (χ0) is 22.7. The first-order valence-corrected chi connectivity index (χ1v) is 11.8. The van der Waals surface area contributed by atoms with Crippen molar-refractivity contribution in [3.8, 4) is 0 Å². The summed E-state index contributed by atoms with van der Waals surface area (Å²) in [6.07, 6.45) is 4.74. The summed E-state index contributed by atoms with van der Waals surface area (Å²) in [5, 5.41) is 0. The van der Waals surface area contributed by atoms with Crippen LogP contribution in [0.3, 0.4) is 0 Å². The van der Waals surface area contributed by atoms with E-state index in [0.717, 1.165) is 6.42 Å². The largest absolute Gasteiger partial charge is 0.0622 e. The topological polar surface area (TPSA) is 0 Å². The van der Waals surface area contributed by atoms with E-state index < -0.39 is 0 Å². The Labute approximate surface area is 198 Å². The van der Waals surface area contributed by atoms with Gasteiger partial charge in [0.05, 0.1) is 0 Å². The van der Waals surface area contributed by atoms with Gasteiger partial charge in [-0.3, -0.25) is 0 Å². The van der Waals surface area contributed by atoms with E-state index in [1.54, 1.807) is 0 Å². The van der Waals surface area contributed by atoms with Gasteiger partial charge >= 0.3 is 0 Å². The normalized spacial score (nSPS) is 18.8. The molecule has 1 unspecified atom stereocenters. The Bertz CT molecular complexity index is 1240. The van der Waals surface area contributed by atoms with Crippen LogP contribution >= 0.6 is 0 Å². The van der Waals surface area contributed by atoms with E-state index in [9.17, 15) is 0 Å². The van der Waals surface area contributed by atoms with Crippen LogP contribution in [0.4, 0.5) is 0 Å². The van der Waals surface area contributed by atoms with Crippen molar-refractivity contribution in [2.75, 3.05) is 0 Å². The summed E-state index contributed by atoms with van der Waals surface area (Å²) in [5.41, 5.74) is 10.7. The smallest absolute Gasteiger partial charge is 0.0146 e. The molecule has 1 saturated carbocycles. The maximum Gasteiger partial charge on any atom is 0.0146 e. The van der Waals surface area contributed by atoms with Crippen molar-refractivity contribution < 1.29 is 0 Å². The number of hydrogen-bond acceptors (Lipinski definition) is 0. The summed E-state index contributed by atoms with van der Waals surface area (Å²) >= 11 is 0. The summed E-state index contributed by atoms with van der Waals surface area (Å²) in [6, 6.07) is 41.6. The van der Waals surface area contributed by atoms with E-state index in [2.05, 4.69) is 135 Å². The average Bonchev–Trinajstić information content (AvgIpc) is 2.87. The summed E-state index contributed by atoms with van der Waals surface area (Å²) < 4.78 is 0. The van der Waals surface area contributed by atoms with Gasteiger partial charge < -0.3 is 0 Å². The molecule has 33 heavy (non-hydrogen) atoms. The van der Waals surface area contributed by atoms with Crippen LogP contribution in [0.1, 0.15) is 47.6 Å². The minimum absolute atomic E-state index is 0.0634. The van der Waals surface area contributed by atoms with Crippen LogP contribution in [0.5, 0.6) is 0 Å². The fourth-order valence-corrected chi connectivity index (χ4v) is 4.97. The minimum Gasteiger partial charge on any atom is -0.0622 e. The molecule has 0 nitrogen and oxygen atoms in total. The molecule has 1 aliphatic carbocycles. The van der Waals surface area contributed by atoms with Crippen LogP contribution < -0.4 is 0 Å². The Hall–Kier alpha value is -3.64. The summed E-state index contributed by atoms with van der Waals surface area (Å²) in [7, 11) is 0. The third-order valence-electron chi connectivity index (χ3n) is 7.10. The summed E-state index contributed by atoms with van der Waals surface area (Å²) in [6.45, 7) is 4.58. The minimum atomic E-state index is 0.0634. The van der Waals surface area contributed by atoms with Gasteiger partial charge in [-0.25, -0.2) is 0 Å². The molecule has 1 atom stereocenters. The molecule has 1 fully saturated rings. The Morgan fingerprint density at radius 1 is 0.636 bits per heavy atom. The average molecular weight is 427 g/mol. The van der Waals surface area contributed by atoms with Crippen molar-refractivity contribution in [3.63, 3.8) is 0 Å². The lowest BCUT2D eigenvalue weighted by molar-refractivity contribution is 0.398. The van der Waals surface area contributed by atoms with Gasteiger partial charge in [0.25, 0.3) is 0 Å². The van der Waals surface area contributed by atoms with Gasteiger partial charge in [-0.1, -0.05) is 133 Å². The molecule has 0 aromatic heterocycles. The molecule has 0 spiro atoms. The van der Waals surface area contributed by atoms with Crippen molar-refractivity contribution in [1.29, 1.82) is 0 Å². The predicted molar refractivity (Wildman–Crippen MR) is 141 cm³/mol. The molecule has 0 bridgehead atoms. The maximum absolute atomic E-state index is 2.43. The molecule has 0 heteroatoms. The highest BCUT2D eigenvalue weighted by Gasteiger charge is 2.40. The lowest BCUT2D eigenvalue weighted by atomic mass is 9.59. The van der Waals surface area contributed by atoms with Crippen LogP contribution in [0.15, 0.2) is 127 Å². The lowest BCUT2D eigenvalue weighted by Crippen LogP contribution is -2.34. The fourth-order valence-electron chi connectivity index (χ4n) is 4.97. The predicted octanol–water partition coefficient (Wildman–Crippen LogP) is 8.63. The van der Waals surface area contributed by atoms with Gasteiger partial charge in [0.1, 0.15) is 0 Å². The molecule has 4 aromatic carbocycles. The second kappa shape index (κ2) is 9.08. The van der Waals surface area contributed by atoms with E-state index in [4.69, 9.17) is 0 Å². The van der Waals surface area contributed by atoms with Crippen LogP contribution in [0, 0.1) is 6.92 Å². The number of hydrogen-bond donors (Lipinski definition) is 0. The number of rotatable bonds is 5. The SMILES string of the molecule is Cc1ccc(C2(C)CC/C2=C(\C=C(c2ccccc2)c2ccccc2)c2ccccc2)cc1. The number of allylic oxidation sites excluding steroid dienone is 3. The Kier molecular flexibility index (Phi) is 5.84. The highest BCUT2D eigenvalue weighted by Crippen LogP contribution is 2.52. The van der Waals surface area contributed by atoms with Gasteiger partial charge in [0.15, 0.2) is 0 Å². The first-order valence-electron chi connectivity index (χ1n) is 11.8. The molecule has 0 N–H and O–H groups in total. The van der Waals surface area contributed by atoms with Crippen LogP contribution in [0.25, 0.3) is 11.1 Å². The first-order chi connectivity index (χ1) is 16.1. The van der Waals surface area contributed by atoms with Gasteiger partial charge in [-0.2, -0.15) is 0 Å². The second-order valence-corrected chi connectivity index (χ2v) is 9.25. The molecule has 0 heterocycles. The molecular formula is C33H30. The van der Waals surface area contributed by atoms with Crippen LogP contribution in [0.2, 0.25) is 0 Å². The van der Waals surface area contributed by atoms with Crippen molar-refractivity contribution in [2.24, 2.45) is 0 Å². The van der Waals surface area contributed by atoms with Crippen molar-refractivity contribution in [3.05, 3.63) is 155 Å². The molecule has 1 aliphatic rings. The molecule has 0 radical (unpaired) electrons. The zero-order valence-corrected chi connectivity index (χ0v) is 19.5. The van der Waals surface area contributed by atoms with E-state index in [0.29, 0.717) is 0 Å². The number of aryl methyl sites for hydroxylation is 1. The van der Waals surface area contributed by atoms with E-state index in [-0.39, 0.29) is 5.41 Å². The van der Waals surface area contributed by atoms with Crippen LogP contribution in [-0.4, -0.2) is 0 Å². The number of benzene rings is 4. The summed E-state index contributed by atoms with van der Waals surface area (Å²) in [4.78, 5) is 0. The summed E-state index contributed by atoms with van der Waals surface area (Å²) in [5.74, 6) is 0. The van der Waals surface area contributed by atoms with E-state index in [1.807, 2.05) is 0 Å². The van der Waals surface area contributed by atoms with Crippen molar-refractivity contribution in [1.82, 2.24) is 0 Å². The van der Waals surface area contributed by atoms with Crippen LogP contribution in [-0.2, 0) is 5.41 Å². The molecule has 0 aliphatic heterocycles. The van der Waals surface area contributed by atoms with Crippen molar-refractivity contribution in [2.45, 2.75) is 32.1 Å². The quantitative estimate of drug-likeness (QED) is 0.299.